The predicted molar refractivity (Wildman–Crippen MR) is 133 cm³/mol. The number of anilines is 1. The second-order valence-corrected chi connectivity index (χ2v) is 9.18. The number of piperidine rings is 1. The molecule has 0 aromatic heterocycles. The molecule has 2 aliphatic heterocycles. The maximum atomic E-state index is 12.8. The van der Waals surface area contributed by atoms with Crippen molar-refractivity contribution >= 4 is 29.0 Å². The van der Waals surface area contributed by atoms with Crippen LogP contribution in [-0.2, 0) is 11.2 Å². The molecule has 188 valence electrons. The molecule has 2 aliphatic rings. The zero-order chi connectivity index (χ0) is 24.9. The molecule has 8 nitrogen and oxygen atoms in total. The highest BCUT2D eigenvalue weighted by molar-refractivity contribution is 6.33. The number of ether oxygens (including phenoxy) is 4. The minimum absolute atomic E-state index is 0.0756. The van der Waals surface area contributed by atoms with Crippen molar-refractivity contribution in [2.75, 3.05) is 46.2 Å². The third kappa shape index (κ3) is 5.65. The lowest BCUT2D eigenvalue weighted by Gasteiger charge is -2.31. The van der Waals surface area contributed by atoms with Crippen molar-refractivity contribution in [1.29, 1.82) is 0 Å². The summed E-state index contributed by atoms with van der Waals surface area (Å²) >= 11 is 6.21. The van der Waals surface area contributed by atoms with E-state index in [4.69, 9.17) is 36.3 Å². The van der Waals surface area contributed by atoms with Gasteiger partial charge in [-0.3, -0.25) is 4.79 Å². The van der Waals surface area contributed by atoms with E-state index < -0.39 is 5.97 Å². The van der Waals surface area contributed by atoms with Crippen molar-refractivity contribution < 1.29 is 28.5 Å². The first-order valence-electron chi connectivity index (χ1n) is 11.8. The van der Waals surface area contributed by atoms with Gasteiger partial charge in [0.15, 0.2) is 17.3 Å². The average molecular weight is 503 g/mol. The molecule has 0 bridgehead atoms. The molecule has 0 unspecified atom stereocenters. The largest absolute Gasteiger partial charge is 0.493 e. The first-order valence-corrected chi connectivity index (χ1v) is 12.2. The van der Waals surface area contributed by atoms with E-state index in [1.807, 2.05) is 0 Å². The quantitative estimate of drug-likeness (QED) is 0.310. The fourth-order valence-corrected chi connectivity index (χ4v) is 4.82. The highest BCUT2D eigenvalue weighted by atomic mass is 35.5. The summed E-state index contributed by atoms with van der Waals surface area (Å²) in [5.41, 5.74) is 8.22. The van der Waals surface area contributed by atoms with Gasteiger partial charge in [0, 0.05) is 37.1 Å². The Balaban J connectivity index is 1.23. The van der Waals surface area contributed by atoms with Gasteiger partial charge in [-0.15, -0.1) is 0 Å². The molecule has 1 saturated heterocycles. The van der Waals surface area contributed by atoms with Gasteiger partial charge >= 0.3 is 5.97 Å². The molecular formula is C26H31ClN2O6. The third-order valence-corrected chi connectivity index (χ3v) is 6.90. The van der Waals surface area contributed by atoms with Crippen LogP contribution in [0, 0.1) is 0 Å². The smallest absolute Gasteiger partial charge is 0.342 e. The number of carbonyl (C=O) groups excluding carboxylic acids is 2. The van der Waals surface area contributed by atoms with Gasteiger partial charge in [-0.05, 0) is 50.1 Å². The Bertz CT molecular complexity index is 1100. The van der Waals surface area contributed by atoms with E-state index in [0.29, 0.717) is 58.5 Å². The first kappa shape index (κ1) is 25.1. The summed E-state index contributed by atoms with van der Waals surface area (Å²) in [4.78, 5) is 27.7. The van der Waals surface area contributed by atoms with Crippen molar-refractivity contribution in [3.05, 3.63) is 46.0 Å². The van der Waals surface area contributed by atoms with E-state index in [1.165, 1.54) is 6.07 Å². The van der Waals surface area contributed by atoms with Crippen LogP contribution < -0.4 is 19.9 Å². The van der Waals surface area contributed by atoms with Crippen LogP contribution in [0.5, 0.6) is 17.2 Å². The lowest BCUT2D eigenvalue weighted by molar-refractivity contribution is 0.0109. The van der Waals surface area contributed by atoms with Crippen LogP contribution in [-0.4, -0.2) is 63.2 Å². The molecule has 9 heteroatoms. The molecule has 2 aromatic rings. The molecule has 0 amide bonds. The van der Waals surface area contributed by atoms with Gasteiger partial charge in [-0.1, -0.05) is 11.6 Å². The number of halogens is 1. The van der Waals surface area contributed by atoms with E-state index in [1.54, 1.807) is 32.4 Å². The number of fused-ring (bicyclic) bond motifs is 1. The number of Topliss-reactive ketones (excluding diaryl/α,β-unsaturated/α-hetero) is 1. The molecular weight excluding hydrogens is 472 g/mol. The van der Waals surface area contributed by atoms with E-state index in [2.05, 4.69) is 4.90 Å². The summed E-state index contributed by atoms with van der Waals surface area (Å²) < 4.78 is 21.9. The fourth-order valence-electron chi connectivity index (χ4n) is 4.60. The minimum Gasteiger partial charge on any atom is -0.493 e. The Hall–Kier alpha value is -2.97. The Morgan fingerprint density at radius 2 is 1.89 bits per heavy atom. The maximum absolute atomic E-state index is 12.8. The SMILES string of the molecule is COc1ccc(C(=O)CCCN2CCC(OC(=O)c3cc(Cl)c(N)c4c3OCC4)CC2)cc1OC. The van der Waals surface area contributed by atoms with Crippen molar-refractivity contribution in [2.45, 2.75) is 38.2 Å². The van der Waals surface area contributed by atoms with E-state index in [-0.39, 0.29) is 11.9 Å². The number of benzene rings is 2. The molecule has 35 heavy (non-hydrogen) atoms. The van der Waals surface area contributed by atoms with Crippen LogP contribution in [0.15, 0.2) is 24.3 Å². The van der Waals surface area contributed by atoms with Gasteiger partial charge in [0.25, 0.3) is 0 Å². The molecule has 0 saturated carbocycles. The molecule has 2 N–H and O–H groups in total. The Kier molecular flexibility index (Phi) is 8.03. The van der Waals surface area contributed by atoms with Gasteiger partial charge < -0.3 is 29.6 Å². The number of nitrogens with two attached hydrogens (primary N) is 1. The average Bonchev–Trinajstić information content (AvgIpc) is 3.37. The highest BCUT2D eigenvalue weighted by Crippen LogP contribution is 2.39. The maximum Gasteiger partial charge on any atom is 0.342 e. The normalized spacial score (nSPS) is 15.9. The van der Waals surface area contributed by atoms with Gasteiger partial charge in [-0.2, -0.15) is 0 Å². The summed E-state index contributed by atoms with van der Waals surface area (Å²) in [5.74, 6) is 1.29. The van der Waals surface area contributed by atoms with Crippen molar-refractivity contribution in [3.8, 4) is 17.2 Å². The predicted octanol–water partition coefficient (Wildman–Crippen LogP) is 4.16. The van der Waals surface area contributed by atoms with E-state index in [0.717, 1.165) is 44.5 Å². The first-order chi connectivity index (χ1) is 16.9. The minimum atomic E-state index is -0.427. The Morgan fingerprint density at radius 1 is 1.14 bits per heavy atom. The lowest BCUT2D eigenvalue weighted by Crippen LogP contribution is -2.38. The third-order valence-electron chi connectivity index (χ3n) is 6.58. The van der Waals surface area contributed by atoms with Gasteiger partial charge in [-0.25, -0.2) is 4.79 Å². The monoisotopic (exact) mass is 502 g/mol. The van der Waals surface area contributed by atoms with Crippen LogP contribution in [0.2, 0.25) is 5.02 Å². The van der Waals surface area contributed by atoms with Gasteiger partial charge in [0.1, 0.15) is 17.4 Å². The molecule has 4 rings (SSSR count). The number of likely N-dealkylation sites (tertiary alicyclic amines) is 1. The van der Waals surface area contributed by atoms with Crippen LogP contribution in [0.3, 0.4) is 0 Å². The number of rotatable bonds is 9. The number of ketones is 1. The molecule has 0 atom stereocenters. The zero-order valence-electron chi connectivity index (χ0n) is 20.1. The summed E-state index contributed by atoms with van der Waals surface area (Å²) in [6, 6.07) is 6.76. The van der Waals surface area contributed by atoms with Crippen molar-refractivity contribution in [1.82, 2.24) is 4.90 Å². The zero-order valence-corrected chi connectivity index (χ0v) is 20.9. The van der Waals surface area contributed by atoms with Crippen LogP contribution >= 0.6 is 11.6 Å². The number of nitrogens with zero attached hydrogens (tertiary/aromatic N) is 1. The molecule has 0 spiro atoms. The number of hydrogen-bond acceptors (Lipinski definition) is 8. The number of hydrogen-bond donors (Lipinski definition) is 1. The number of carbonyl (C=O) groups is 2. The van der Waals surface area contributed by atoms with E-state index >= 15 is 0 Å². The second kappa shape index (κ2) is 11.2. The topological polar surface area (TPSA) is 100 Å². The van der Waals surface area contributed by atoms with Crippen LogP contribution in [0.1, 0.15) is 52.0 Å². The van der Waals surface area contributed by atoms with Crippen LogP contribution in [0.25, 0.3) is 0 Å². The van der Waals surface area contributed by atoms with Crippen molar-refractivity contribution in [2.24, 2.45) is 0 Å². The molecule has 2 heterocycles. The summed E-state index contributed by atoms with van der Waals surface area (Å²) in [6.45, 7) is 2.90. The molecule has 0 aliphatic carbocycles. The second-order valence-electron chi connectivity index (χ2n) is 8.77. The lowest BCUT2D eigenvalue weighted by atomic mass is 10.0. The Morgan fingerprint density at radius 3 is 2.60 bits per heavy atom. The summed E-state index contributed by atoms with van der Waals surface area (Å²) in [6.07, 6.45) is 3.15. The molecule has 2 aromatic carbocycles. The summed E-state index contributed by atoms with van der Waals surface area (Å²) in [7, 11) is 3.12. The molecule has 1 fully saturated rings. The van der Waals surface area contributed by atoms with E-state index in [9.17, 15) is 9.59 Å². The standard InChI is InChI=1S/C26H31ClN2O6/c1-32-22-6-5-16(14-23(22)33-2)21(30)4-3-10-29-11-7-17(8-12-29)35-26(31)19-15-20(27)24(28)18-9-13-34-25(18)19/h5-6,14-15,17H,3-4,7-13,28H2,1-2H3. The van der Waals surface area contributed by atoms with Gasteiger partial charge in [0.2, 0.25) is 0 Å². The van der Waals surface area contributed by atoms with Crippen LogP contribution in [0.4, 0.5) is 5.69 Å². The van der Waals surface area contributed by atoms with Gasteiger partial charge in [0.05, 0.1) is 31.5 Å². The summed E-state index contributed by atoms with van der Waals surface area (Å²) in [5, 5.41) is 0.346. The van der Waals surface area contributed by atoms with Crippen molar-refractivity contribution in [3.63, 3.8) is 0 Å². The Labute approximate surface area is 210 Å². The number of nitrogen functional groups attached to an aromatic ring is 1. The molecule has 0 radical (unpaired) electrons. The highest BCUT2D eigenvalue weighted by Gasteiger charge is 2.29. The number of esters is 1. The number of methoxy groups -OCH3 is 2. The fraction of sp³-hybridized carbons (Fsp3) is 0.462.